The minimum absolute atomic E-state index is 0.331. The molecule has 0 atom stereocenters. The summed E-state index contributed by atoms with van der Waals surface area (Å²) in [5, 5.41) is 2.63. The number of thiophene rings is 1. The maximum Gasteiger partial charge on any atom is 0.288 e. The fourth-order valence-corrected chi connectivity index (χ4v) is 2.99. The summed E-state index contributed by atoms with van der Waals surface area (Å²) in [4.78, 5) is 13.7. The van der Waals surface area contributed by atoms with E-state index < -0.39 is 5.76 Å². The number of amides is 1. The van der Waals surface area contributed by atoms with E-state index in [9.17, 15) is 13.6 Å². The number of carbonyl (C=O) groups excluding carboxylic acids is 1. The van der Waals surface area contributed by atoms with Crippen LogP contribution in [0, 0.1) is 6.92 Å². The second kappa shape index (κ2) is 6.23. The Balaban J connectivity index is 2.19. The maximum atomic E-state index is 12.5. The first-order valence-corrected chi connectivity index (χ1v) is 7.38. The fourth-order valence-electron chi connectivity index (χ4n) is 1.56. The lowest BCUT2D eigenvalue weighted by molar-refractivity contribution is 0.103. The number of nitrogens with two attached hydrogens (primary N) is 1. The predicted octanol–water partition coefficient (Wildman–Crippen LogP) is 4.21. The van der Waals surface area contributed by atoms with Crippen molar-refractivity contribution < 1.29 is 13.6 Å². The zero-order chi connectivity index (χ0) is 14.7. The van der Waals surface area contributed by atoms with Crippen molar-refractivity contribution in [2.45, 2.75) is 17.6 Å². The number of aryl methyl sites for hydroxylation is 1. The quantitative estimate of drug-likeness (QED) is 0.831. The average molecular weight is 314 g/mol. The molecular weight excluding hydrogens is 302 g/mol. The smallest absolute Gasteiger partial charge is 0.288 e. The Morgan fingerprint density at radius 3 is 2.70 bits per heavy atom. The van der Waals surface area contributed by atoms with E-state index in [0.29, 0.717) is 32.9 Å². The summed E-state index contributed by atoms with van der Waals surface area (Å²) < 4.78 is 24.9. The highest BCUT2D eigenvalue weighted by atomic mass is 32.2. The number of thioether (sulfide) groups is 1. The lowest BCUT2D eigenvalue weighted by Crippen LogP contribution is -2.11. The number of benzene rings is 1. The highest BCUT2D eigenvalue weighted by Gasteiger charge is 2.15. The molecule has 1 heterocycles. The van der Waals surface area contributed by atoms with E-state index in [1.807, 2.05) is 6.92 Å². The van der Waals surface area contributed by atoms with Gasteiger partial charge in [-0.25, -0.2) is 0 Å². The van der Waals surface area contributed by atoms with Gasteiger partial charge in [0.2, 0.25) is 0 Å². The molecule has 0 aliphatic rings. The van der Waals surface area contributed by atoms with Gasteiger partial charge in [-0.2, -0.15) is 8.78 Å². The van der Waals surface area contributed by atoms with Crippen LogP contribution in [-0.2, 0) is 0 Å². The number of hydrogen-bond donors (Lipinski definition) is 2. The third-order valence-corrected chi connectivity index (χ3v) is 4.38. The van der Waals surface area contributed by atoms with Crippen LogP contribution < -0.4 is 11.1 Å². The van der Waals surface area contributed by atoms with Gasteiger partial charge in [0.1, 0.15) is 0 Å². The van der Waals surface area contributed by atoms with Crippen molar-refractivity contribution in [3.8, 4) is 0 Å². The zero-order valence-electron chi connectivity index (χ0n) is 10.5. The highest BCUT2D eigenvalue weighted by molar-refractivity contribution is 7.99. The summed E-state index contributed by atoms with van der Waals surface area (Å²) in [6.45, 7) is 1.82. The Labute approximate surface area is 123 Å². The Kier molecular flexibility index (Phi) is 4.61. The van der Waals surface area contributed by atoms with Crippen LogP contribution in [0.2, 0.25) is 0 Å². The van der Waals surface area contributed by atoms with E-state index in [-0.39, 0.29) is 5.91 Å². The molecule has 0 aliphatic heterocycles. The van der Waals surface area contributed by atoms with Crippen molar-refractivity contribution in [2.24, 2.45) is 0 Å². The Hall–Kier alpha value is -1.60. The van der Waals surface area contributed by atoms with Crippen LogP contribution in [0.1, 0.15) is 14.5 Å². The summed E-state index contributed by atoms with van der Waals surface area (Å²) in [6, 6.07) is 8.04. The van der Waals surface area contributed by atoms with Gasteiger partial charge in [0, 0.05) is 15.5 Å². The van der Waals surface area contributed by atoms with Crippen molar-refractivity contribution in [2.75, 3.05) is 11.1 Å². The predicted molar refractivity (Wildman–Crippen MR) is 79.7 cm³/mol. The maximum absolute atomic E-state index is 12.5. The normalized spacial score (nSPS) is 10.8. The van der Waals surface area contributed by atoms with Crippen molar-refractivity contribution in [1.29, 1.82) is 0 Å². The molecule has 3 nitrogen and oxygen atoms in total. The second-order valence-electron chi connectivity index (χ2n) is 3.95. The molecule has 20 heavy (non-hydrogen) atoms. The third kappa shape index (κ3) is 3.49. The van der Waals surface area contributed by atoms with E-state index in [4.69, 9.17) is 5.73 Å². The number of nitrogens with one attached hydrogen (secondary N) is 1. The van der Waals surface area contributed by atoms with Gasteiger partial charge in [-0.1, -0.05) is 23.9 Å². The van der Waals surface area contributed by atoms with Gasteiger partial charge in [-0.05, 0) is 25.1 Å². The molecule has 0 aliphatic carbocycles. The molecule has 0 fully saturated rings. The highest BCUT2D eigenvalue weighted by Crippen LogP contribution is 2.32. The van der Waals surface area contributed by atoms with Crippen LogP contribution >= 0.6 is 23.1 Å². The first-order valence-electron chi connectivity index (χ1n) is 5.68. The minimum atomic E-state index is -2.53. The standard InChI is InChI=1S/C13H12F2N2OS2/c1-7-8(16)6-11(19-7)12(18)17-9-4-2-3-5-10(9)20-13(14)15/h2-6,13H,16H2,1H3,(H,17,18). The van der Waals surface area contributed by atoms with E-state index in [1.54, 1.807) is 30.3 Å². The summed E-state index contributed by atoms with van der Waals surface area (Å²) in [5.74, 6) is -2.88. The SMILES string of the molecule is Cc1sc(C(=O)Nc2ccccc2SC(F)F)cc1N. The van der Waals surface area contributed by atoms with Gasteiger partial charge in [-0.15, -0.1) is 11.3 Å². The number of alkyl halides is 2. The molecule has 0 saturated heterocycles. The number of anilines is 2. The molecule has 2 aromatic rings. The first kappa shape index (κ1) is 14.8. The van der Waals surface area contributed by atoms with E-state index in [0.717, 1.165) is 4.88 Å². The average Bonchev–Trinajstić information content (AvgIpc) is 2.71. The van der Waals surface area contributed by atoms with Gasteiger partial charge in [0.25, 0.3) is 11.7 Å². The monoisotopic (exact) mass is 314 g/mol. The fraction of sp³-hybridized carbons (Fsp3) is 0.154. The van der Waals surface area contributed by atoms with Crippen molar-refractivity contribution in [3.63, 3.8) is 0 Å². The van der Waals surface area contributed by atoms with E-state index in [2.05, 4.69) is 5.32 Å². The van der Waals surface area contributed by atoms with Crippen LogP contribution in [-0.4, -0.2) is 11.7 Å². The first-order chi connectivity index (χ1) is 9.47. The van der Waals surface area contributed by atoms with E-state index in [1.165, 1.54) is 11.3 Å². The van der Waals surface area contributed by atoms with Crippen LogP contribution in [0.4, 0.5) is 20.2 Å². The van der Waals surface area contributed by atoms with Crippen LogP contribution in [0.5, 0.6) is 0 Å². The minimum Gasteiger partial charge on any atom is -0.398 e. The number of para-hydroxylation sites is 1. The zero-order valence-corrected chi connectivity index (χ0v) is 12.2. The third-order valence-electron chi connectivity index (χ3n) is 2.53. The Bertz CT molecular complexity index is 609. The molecule has 1 aromatic carbocycles. The number of nitrogen functional groups attached to an aromatic ring is 1. The second-order valence-corrected chi connectivity index (χ2v) is 6.24. The molecular formula is C13H12F2N2OS2. The van der Waals surface area contributed by atoms with Crippen LogP contribution in [0.3, 0.4) is 0 Å². The van der Waals surface area contributed by atoms with Gasteiger partial charge in [0.05, 0.1) is 10.6 Å². The topological polar surface area (TPSA) is 55.1 Å². The molecule has 1 aromatic heterocycles. The molecule has 1 amide bonds. The van der Waals surface area contributed by atoms with Crippen LogP contribution in [0.25, 0.3) is 0 Å². The lowest BCUT2D eigenvalue weighted by atomic mass is 10.3. The van der Waals surface area contributed by atoms with Crippen molar-refractivity contribution >= 4 is 40.4 Å². The molecule has 0 saturated carbocycles. The molecule has 0 bridgehead atoms. The molecule has 0 spiro atoms. The number of hydrogen-bond acceptors (Lipinski definition) is 4. The van der Waals surface area contributed by atoms with Gasteiger partial charge < -0.3 is 11.1 Å². The largest absolute Gasteiger partial charge is 0.398 e. The van der Waals surface area contributed by atoms with Gasteiger partial charge in [-0.3, -0.25) is 4.79 Å². The Morgan fingerprint density at radius 2 is 2.10 bits per heavy atom. The van der Waals surface area contributed by atoms with Gasteiger partial charge in [0.15, 0.2) is 0 Å². The molecule has 106 valence electrons. The number of halogens is 2. The van der Waals surface area contributed by atoms with Crippen LogP contribution in [0.15, 0.2) is 35.2 Å². The van der Waals surface area contributed by atoms with Crippen molar-refractivity contribution in [1.82, 2.24) is 0 Å². The summed E-state index contributed by atoms with van der Waals surface area (Å²) >= 11 is 1.67. The van der Waals surface area contributed by atoms with Gasteiger partial charge >= 0.3 is 0 Å². The lowest BCUT2D eigenvalue weighted by Gasteiger charge is -2.09. The molecule has 2 rings (SSSR count). The number of carbonyl (C=O) groups is 1. The molecule has 0 radical (unpaired) electrons. The molecule has 3 N–H and O–H groups in total. The molecule has 0 unspecified atom stereocenters. The summed E-state index contributed by atoms with van der Waals surface area (Å²) in [6.07, 6.45) is 0. The Morgan fingerprint density at radius 1 is 1.40 bits per heavy atom. The van der Waals surface area contributed by atoms with Crippen molar-refractivity contribution in [3.05, 3.63) is 40.1 Å². The summed E-state index contributed by atoms with van der Waals surface area (Å²) in [5.41, 5.74) is 6.61. The van der Waals surface area contributed by atoms with E-state index >= 15 is 0 Å². The number of rotatable bonds is 4. The summed E-state index contributed by atoms with van der Waals surface area (Å²) in [7, 11) is 0. The molecule has 7 heteroatoms.